The molecular weight excluding hydrogens is 570 g/mol. The third kappa shape index (κ3) is 6.62. The van der Waals surface area contributed by atoms with Gasteiger partial charge in [-0.05, 0) is 0 Å². The number of ether oxygens (including phenoxy) is 2. The number of aromatic nitrogens is 4. The Morgan fingerprint density at radius 3 is 2.31 bits per heavy atom. The number of nitrogens with zero attached hydrogens (tertiary/aromatic N) is 4. The molecule has 0 aliphatic carbocycles. The van der Waals surface area contributed by atoms with Crippen LogP contribution in [0.2, 0.25) is 0 Å². The predicted octanol–water partition coefficient (Wildman–Crippen LogP) is -3.03. The van der Waals surface area contributed by atoms with Gasteiger partial charge >= 0.3 is 15.2 Å². The van der Waals surface area contributed by atoms with E-state index in [9.17, 15) is 44.1 Å². The summed E-state index contributed by atoms with van der Waals surface area (Å²) in [6, 6.07) is -1.18. The molecule has 0 bridgehead atoms. The van der Waals surface area contributed by atoms with Gasteiger partial charge in [-0.2, -0.15) is 0 Å². The zero-order valence-electron chi connectivity index (χ0n) is 20.2. The molecule has 39 heavy (non-hydrogen) atoms. The molecule has 2 aromatic heterocycles. The summed E-state index contributed by atoms with van der Waals surface area (Å²) in [4.78, 5) is 43.4. The van der Waals surface area contributed by atoms with E-state index in [0.717, 1.165) is 13.3 Å². The lowest BCUT2D eigenvalue weighted by molar-refractivity contribution is -0.131. The third-order valence-electron chi connectivity index (χ3n) is 5.98. The minimum absolute atomic E-state index is 0.0704. The van der Waals surface area contributed by atoms with Crippen LogP contribution in [0.1, 0.15) is 13.2 Å². The molecule has 2 aromatic rings. The highest BCUT2D eigenvalue weighted by molar-refractivity contribution is 7.70. The van der Waals surface area contributed by atoms with Crippen molar-refractivity contribution in [2.24, 2.45) is 0 Å². The summed E-state index contributed by atoms with van der Waals surface area (Å²) in [5, 5.41) is 42.7. The van der Waals surface area contributed by atoms with Crippen LogP contribution in [0, 0.1) is 0 Å². The number of amides is 1. The van der Waals surface area contributed by atoms with E-state index >= 15 is 0 Å². The molecule has 0 radical (unpaired) electrons. The molecule has 9 N–H and O–H groups in total. The van der Waals surface area contributed by atoms with Crippen molar-refractivity contribution in [2.75, 3.05) is 24.9 Å². The molecule has 6 unspecified atom stereocenters. The molecule has 2 aliphatic rings. The summed E-state index contributed by atoms with van der Waals surface area (Å²) in [6.45, 7) is -0.362. The van der Waals surface area contributed by atoms with Crippen molar-refractivity contribution < 1.29 is 62.7 Å². The zero-order valence-corrected chi connectivity index (χ0v) is 22.0. The number of aliphatic hydroxyl groups is 4. The van der Waals surface area contributed by atoms with Crippen molar-refractivity contribution in [2.45, 2.75) is 56.0 Å². The van der Waals surface area contributed by atoms with Gasteiger partial charge in [0.25, 0.3) is 0 Å². The smallest absolute Gasteiger partial charge is 0.340 e. The molecule has 218 valence electrons. The molecular formula is C18H28N6O13P2. The number of carbonyl (C=O) groups excluding carboxylic acids is 1. The first-order valence-corrected chi connectivity index (χ1v) is 14.9. The second kappa shape index (κ2) is 11.4. The number of hydrogen-bond donors (Lipinski definition) is 8. The van der Waals surface area contributed by atoms with Crippen LogP contribution in [0.15, 0.2) is 12.7 Å². The van der Waals surface area contributed by atoms with Crippen LogP contribution in [-0.4, -0.2) is 118 Å². The second-order valence-corrected chi connectivity index (χ2v) is 13.1. The van der Waals surface area contributed by atoms with Gasteiger partial charge in [0.2, 0.25) is 5.91 Å². The highest BCUT2D eigenvalue weighted by Gasteiger charge is 2.47. The van der Waals surface area contributed by atoms with Gasteiger partial charge in [-0.1, -0.05) is 0 Å². The summed E-state index contributed by atoms with van der Waals surface area (Å²) in [7, 11) is -9.66. The van der Waals surface area contributed by atoms with Crippen LogP contribution in [0.4, 0.5) is 5.82 Å². The quantitative estimate of drug-likeness (QED) is 0.126. The maximum absolute atomic E-state index is 12.5. The molecule has 4 heterocycles. The van der Waals surface area contributed by atoms with E-state index in [2.05, 4.69) is 20.3 Å². The van der Waals surface area contributed by atoms with Crippen LogP contribution in [0.3, 0.4) is 0 Å². The Labute approximate surface area is 219 Å². The van der Waals surface area contributed by atoms with Crippen LogP contribution in [-0.2, 0) is 32.4 Å². The van der Waals surface area contributed by atoms with Gasteiger partial charge < -0.3 is 59.8 Å². The lowest BCUT2D eigenvalue weighted by Crippen LogP contribution is -2.48. The van der Waals surface area contributed by atoms with E-state index in [0.29, 0.717) is 0 Å². The zero-order chi connectivity index (χ0) is 28.7. The normalized spacial score (nSPS) is 34.1. The van der Waals surface area contributed by atoms with Crippen molar-refractivity contribution in [3.63, 3.8) is 0 Å². The monoisotopic (exact) mass is 598 g/mol. The summed E-state index contributed by atoms with van der Waals surface area (Å²) >= 11 is 0. The largest absolute Gasteiger partial charge is 0.387 e. The molecule has 0 spiro atoms. The molecule has 2 saturated heterocycles. The number of rotatable bonds is 10. The Morgan fingerprint density at radius 2 is 1.67 bits per heavy atom. The second-order valence-electron chi connectivity index (χ2n) is 8.92. The topological polar surface area (TPSA) is 291 Å². The minimum atomic E-state index is -4.84. The number of aliphatic hydroxyl groups excluding tert-OH is 4. The Morgan fingerprint density at radius 1 is 1.03 bits per heavy atom. The van der Waals surface area contributed by atoms with Crippen molar-refractivity contribution >= 4 is 38.1 Å². The molecule has 19 nitrogen and oxygen atoms in total. The Hall–Kier alpha value is -2.12. The standard InChI is InChI=1S/C18H28N6O13P2/c1-7(25)23-10-8(37-18(29)13(10)27)2-34-38(30,31)6-39(32,33)35-3-9-12(26)14(28)17(36-9)24-5-22-11-15(19)20-4-21-16(11)24/h4-5,8-10,12-14,17-18,26-29H,2-3,6H2,1H3,(H,23,25)(H,30,31)(H,32,33)(H2,19,20,21)/t8-,9+,10?,12?,13+,14?,17+,18?/m1/s1. The summed E-state index contributed by atoms with van der Waals surface area (Å²) in [6.07, 6.45) is -7.79. The summed E-state index contributed by atoms with van der Waals surface area (Å²) in [5.74, 6) is -1.88. The Kier molecular flexibility index (Phi) is 8.73. The number of imidazole rings is 1. The molecule has 4 rings (SSSR count). The van der Waals surface area contributed by atoms with Gasteiger partial charge in [-0.25, -0.2) is 15.0 Å². The van der Waals surface area contributed by atoms with E-state index < -0.39 is 89.3 Å². The number of carbonyl (C=O) groups is 1. The average molecular weight is 598 g/mol. The van der Waals surface area contributed by atoms with Crippen LogP contribution in [0.25, 0.3) is 11.2 Å². The van der Waals surface area contributed by atoms with E-state index in [1.54, 1.807) is 0 Å². The first-order valence-electron chi connectivity index (χ1n) is 11.3. The minimum Gasteiger partial charge on any atom is -0.387 e. The molecule has 0 saturated carbocycles. The number of nitrogens with two attached hydrogens (primary N) is 1. The van der Waals surface area contributed by atoms with E-state index in [-0.39, 0.29) is 17.0 Å². The van der Waals surface area contributed by atoms with Crippen LogP contribution in [0.5, 0.6) is 0 Å². The van der Waals surface area contributed by atoms with Gasteiger partial charge in [0, 0.05) is 6.92 Å². The van der Waals surface area contributed by atoms with Gasteiger partial charge in [0.05, 0.1) is 25.6 Å². The van der Waals surface area contributed by atoms with Gasteiger partial charge in [-0.15, -0.1) is 0 Å². The van der Waals surface area contributed by atoms with Gasteiger partial charge in [-0.3, -0.25) is 18.5 Å². The van der Waals surface area contributed by atoms with E-state index in [1.807, 2.05) is 0 Å². The maximum Gasteiger partial charge on any atom is 0.340 e. The average Bonchev–Trinajstić information content (AvgIpc) is 3.47. The lowest BCUT2D eigenvalue weighted by Gasteiger charge is -2.23. The van der Waals surface area contributed by atoms with Crippen molar-refractivity contribution in [1.82, 2.24) is 24.8 Å². The van der Waals surface area contributed by atoms with E-state index in [4.69, 9.17) is 24.3 Å². The fourth-order valence-electron chi connectivity index (χ4n) is 4.14. The van der Waals surface area contributed by atoms with Gasteiger partial charge in [0.15, 0.2) is 29.9 Å². The predicted molar refractivity (Wildman–Crippen MR) is 127 cm³/mol. The fraction of sp³-hybridized carbons (Fsp3) is 0.667. The van der Waals surface area contributed by atoms with Gasteiger partial charge in [0.1, 0.15) is 42.4 Å². The first-order chi connectivity index (χ1) is 18.2. The number of nitrogens with one attached hydrogen (secondary N) is 1. The number of fused-ring (bicyclic) bond motifs is 1. The SMILES string of the molecule is CC(=O)NC1[C@H](O)C(O)O[C@@H]1COP(=O)(O)CP(=O)(O)OC[C@@H]1O[C@H](n2cnc3c(N)ncnc32)C(O)C1O. The number of hydrogen-bond acceptors (Lipinski definition) is 15. The first kappa shape index (κ1) is 29.9. The number of anilines is 1. The number of nitrogen functional groups attached to an aromatic ring is 1. The van der Waals surface area contributed by atoms with Crippen molar-refractivity contribution in [3.8, 4) is 0 Å². The molecule has 1 amide bonds. The lowest BCUT2D eigenvalue weighted by atomic mass is 10.1. The highest BCUT2D eigenvalue weighted by Crippen LogP contribution is 2.58. The van der Waals surface area contributed by atoms with Crippen LogP contribution < -0.4 is 11.1 Å². The highest BCUT2D eigenvalue weighted by atomic mass is 31.2. The van der Waals surface area contributed by atoms with Crippen molar-refractivity contribution in [1.29, 1.82) is 0 Å². The molecule has 2 aliphatic heterocycles. The summed E-state index contributed by atoms with van der Waals surface area (Å²) < 4.78 is 46.6. The summed E-state index contributed by atoms with van der Waals surface area (Å²) in [5.41, 5.74) is 6.15. The fourth-order valence-corrected chi connectivity index (χ4v) is 7.36. The molecule has 10 atom stereocenters. The Balaban J connectivity index is 1.34. The maximum atomic E-state index is 12.5. The third-order valence-corrected chi connectivity index (χ3v) is 9.95. The van der Waals surface area contributed by atoms with E-state index in [1.165, 1.54) is 10.9 Å². The van der Waals surface area contributed by atoms with Crippen molar-refractivity contribution in [3.05, 3.63) is 12.7 Å². The van der Waals surface area contributed by atoms with Crippen LogP contribution >= 0.6 is 15.2 Å². The molecule has 21 heteroatoms. The molecule has 0 aromatic carbocycles. The molecule has 2 fully saturated rings. The Bertz CT molecular complexity index is 1300.